The molecule has 0 unspecified atom stereocenters. The van der Waals surface area contributed by atoms with E-state index in [2.05, 4.69) is 15.1 Å². The number of fused-ring (bicyclic) bond motifs is 1. The molecule has 0 saturated carbocycles. The topological polar surface area (TPSA) is 94.0 Å². The first-order valence-electron chi connectivity index (χ1n) is 8.90. The summed E-state index contributed by atoms with van der Waals surface area (Å²) in [6, 6.07) is 10.5. The summed E-state index contributed by atoms with van der Waals surface area (Å²) in [6.45, 7) is 0. The van der Waals surface area contributed by atoms with Crippen LogP contribution in [0.1, 0.15) is 23.6 Å². The van der Waals surface area contributed by atoms with Crippen LogP contribution >= 0.6 is 0 Å². The van der Waals surface area contributed by atoms with Crippen LogP contribution in [-0.2, 0) is 10.0 Å². The second-order valence-corrected chi connectivity index (χ2v) is 8.52. The van der Waals surface area contributed by atoms with Crippen LogP contribution in [-0.4, -0.2) is 49.0 Å². The molecule has 2 aromatic carbocycles. The van der Waals surface area contributed by atoms with Crippen molar-refractivity contribution in [1.29, 1.82) is 0 Å². The molecule has 4 rings (SSSR count). The maximum Gasteiger partial charge on any atom is 0.247 e. The predicted molar refractivity (Wildman–Crippen MR) is 110 cm³/mol. The van der Waals surface area contributed by atoms with E-state index < -0.39 is 16.1 Å². The molecule has 150 valence electrons. The van der Waals surface area contributed by atoms with Gasteiger partial charge in [-0.15, -0.1) is 0 Å². The van der Waals surface area contributed by atoms with Crippen LogP contribution in [0.25, 0.3) is 11.0 Å². The molecule has 0 saturated heterocycles. The van der Waals surface area contributed by atoms with E-state index in [0.29, 0.717) is 29.1 Å². The van der Waals surface area contributed by atoms with Crippen molar-refractivity contribution < 1.29 is 17.9 Å². The number of hydrogen-bond acceptors (Lipinski definition) is 7. The van der Waals surface area contributed by atoms with Crippen LogP contribution in [0.4, 0.5) is 0 Å². The average molecular weight is 412 g/mol. The Kier molecular flexibility index (Phi) is 4.83. The van der Waals surface area contributed by atoms with Gasteiger partial charge in [-0.25, -0.2) is 8.42 Å². The van der Waals surface area contributed by atoms with Crippen molar-refractivity contribution in [2.45, 2.75) is 12.5 Å². The number of ether oxygens (including phenoxy) is 2. The minimum absolute atomic E-state index is 0.425. The van der Waals surface area contributed by atoms with Crippen molar-refractivity contribution in [3.63, 3.8) is 0 Å². The lowest BCUT2D eigenvalue weighted by atomic mass is 9.98. The van der Waals surface area contributed by atoms with E-state index in [1.54, 1.807) is 38.7 Å². The number of hydrogen-bond donors (Lipinski definition) is 0. The molecule has 2 heterocycles. The van der Waals surface area contributed by atoms with Crippen molar-refractivity contribution >= 4 is 26.8 Å². The zero-order valence-corrected chi connectivity index (χ0v) is 17.0. The summed E-state index contributed by atoms with van der Waals surface area (Å²) in [5, 5.41) is 4.43. The number of rotatable bonds is 5. The maximum atomic E-state index is 12.4. The van der Waals surface area contributed by atoms with E-state index in [4.69, 9.17) is 9.47 Å². The van der Waals surface area contributed by atoms with Gasteiger partial charge in [0.25, 0.3) is 0 Å². The fourth-order valence-electron chi connectivity index (χ4n) is 3.42. The second kappa shape index (κ2) is 7.32. The Labute approximate surface area is 168 Å². The standard InChI is InChI=1S/C20H20N4O4S/c1-27-19-7-5-13(11-20(19)28-2)16-12-18(24(23-16)29(3,25)26)14-4-6-15-17(10-14)22-9-8-21-15/h4-11,18H,12H2,1-3H3/t18-/m1/s1. The third-order valence-electron chi connectivity index (χ3n) is 4.81. The van der Waals surface area contributed by atoms with Gasteiger partial charge in [0.05, 0.1) is 43.3 Å². The van der Waals surface area contributed by atoms with Gasteiger partial charge >= 0.3 is 0 Å². The van der Waals surface area contributed by atoms with Gasteiger partial charge in [0.15, 0.2) is 11.5 Å². The fourth-order valence-corrected chi connectivity index (χ4v) is 4.33. The third-order valence-corrected chi connectivity index (χ3v) is 5.82. The number of methoxy groups -OCH3 is 2. The molecule has 0 aliphatic carbocycles. The Balaban J connectivity index is 1.75. The number of aromatic nitrogens is 2. The van der Waals surface area contributed by atoms with Gasteiger partial charge < -0.3 is 9.47 Å². The quantitative estimate of drug-likeness (QED) is 0.640. The lowest BCUT2D eigenvalue weighted by Crippen LogP contribution is -2.25. The predicted octanol–water partition coefficient (Wildman–Crippen LogP) is 2.76. The SMILES string of the molecule is COc1ccc(C2=NN(S(C)(=O)=O)[C@@H](c3ccc4nccnc4c3)C2)cc1OC. The average Bonchev–Trinajstić information content (AvgIpc) is 3.19. The normalized spacial score (nSPS) is 16.7. The molecule has 0 N–H and O–H groups in total. The van der Waals surface area contributed by atoms with Crippen LogP contribution in [0.15, 0.2) is 53.9 Å². The summed E-state index contributed by atoms with van der Waals surface area (Å²) in [5.41, 5.74) is 3.70. The molecule has 29 heavy (non-hydrogen) atoms. The van der Waals surface area contributed by atoms with E-state index >= 15 is 0 Å². The van der Waals surface area contributed by atoms with Gasteiger partial charge in [0.2, 0.25) is 10.0 Å². The van der Waals surface area contributed by atoms with Crippen molar-refractivity contribution in [3.05, 3.63) is 59.9 Å². The highest BCUT2D eigenvalue weighted by Gasteiger charge is 2.35. The fraction of sp³-hybridized carbons (Fsp3) is 0.250. The summed E-state index contributed by atoms with van der Waals surface area (Å²) in [5.74, 6) is 1.16. The minimum Gasteiger partial charge on any atom is -0.493 e. The molecule has 0 radical (unpaired) electrons. The Morgan fingerprint density at radius 3 is 2.38 bits per heavy atom. The van der Waals surface area contributed by atoms with Crippen LogP contribution in [0.5, 0.6) is 11.5 Å². The lowest BCUT2D eigenvalue weighted by Gasteiger charge is -2.21. The van der Waals surface area contributed by atoms with E-state index in [1.165, 1.54) is 0 Å². The second-order valence-electron chi connectivity index (χ2n) is 6.68. The summed E-state index contributed by atoms with van der Waals surface area (Å²) in [4.78, 5) is 8.59. The molecule has 0 bridgehead atoms. The van der Waals surface area contributed by atoms with Gasteiger partial charge in [-0.1, -0.05) is 6.07 Å². The molecule has 1 atom stereocenters. The Morgan fingerprint density at radius 2 is 1.69 bits per heavy atom. The third kappa shape index (κ3) is 3.61. The van der Waals surface area contributed by atoms with Crippen molar-refractivity contribution in [2.75, 3.05) is 20.5 Å². The largest absolute Gasteiger partial charge is 0.493 e. The van der Waals surface area contributed by atoms with Crippen LogP contribution in [0.3, 0.4) is 0 Å². The van der Waals surface area contributed by atoms with Crippen molar-refractivity contribution in [3.8, 4) is 11.5 Å². The van der Waals surface area contributed by atoms with E-state index in [9.17, 15) is 8.42 Å². The molecule has 0 fully saturated rings. The minimum atomic E-state index is -3.57. The summed E-state index contributed by atoms with van der Waals surface area (Å²) in [7, 11) is -0.449. The van der Waals surface area contributed by atoms with E-state index in [0.717, 1.165) is 27.3 Å². The van der Waals surface area contributed by atoms with Crippen molar-refractivity contribution in [1.82, 2.24) is 14.4 Å². The highest BCUT2D eigenvalue weighted by molar-refractivity contribution is 7.88. The summed E-state index contributed by atoms with van der Waals surface area (Å²) < 4.78 is 36.7. The van der Waals surface area contributed by atoms with Gasteiger partial charge in [0, 0.05) is 24.4 Å². The van der Waals surface area contributed by atoms with Gasteiger partial charge in [0.1, 0.15) is 0 Å². The van der Waals surface area contributed by atoms with Crippen LogP contribution in [0.2, 0.25) is 0 Å². The molecule has 1 aliphatic heterocycles. The van der Waals surface area contributed by atoms with Crippen molar-refractivity contribution in [2.24, 2.45) is 5.10 Å². The van der Waals surface area contributed by atoms with E-state index in [-0.39, 0.29) is 0 Å². The molecular formula is C20H20N4O4S. The first-order valence-corrected chi connectivity index (χ1v) is 10.8. The van der Waals surface area contributed by atoms with Crippen LogP contribution < -0.4 is 9.47 Å². The Morgan fingerprint density at radius 1 is 0.966 bits per heavy atom. The molecule has 8 nitrogen and oxygen atoms in total. The summed E-state index contributed by atoms with van der Waals surface area (Å²) in [6.07, 6.45) is 4.82. The van der Waals surface area contributed by atoms with Gasteiger partial charge in [-0.2, -0.15) is 9.52 Å². The molecule has 9 heteroatoms. The van der Waals surface area contributed by atoms with Gasteiger partial charge in [-0.3, -0.25) is 9.97 Å². The first kappa shape index (κ1) is 19.1. The molecule has 1 aliphatic rings. The zero-order valence-electron chi connectivity index (χ0n) is 16.2. The zero-order chi connectivity index (χ0) is 20.6. The lowest BCUT2D eigenvalue weighted by molar-refractivity contribution is 0.355. The first-order chi connectivity index (χ1) is 13.9. The number of benzene rings is 2. The Hall–Kier alpha value is -3.20. The highest BCUT2D eigenvalue weighted by Crippen LogP contribution is 2.37. The molecular weight excluding hydrogens is 392 g/mol. The number of sulfonamides is 1. The van der Waals surface area contributed by atoms with E-state index in [1.807, 2.05) is 24.3 Å². The molecule has 0 spiro atoms. The maximum absolute atomic E-state index is 12.4. The smallest absolute Gasteiger partial charge is 0.247 e. The summed E-state index contributed by atoms with van der Waals surface area (Å²) >= 11 is 0. The number of hydrazone groups is 1. The monoisotopic (exact) mass is 412 g/mol. The molecule has 1 aromatic heterocycles. The molecule has 0 amide bonds. The van der Waals surface area contributed by atoms with Gasteiger partial charge in [-0.05, 0) is 35.9 Å². The highest BCUT2D eigenvalue weighted by atomic mass is 32.2. The Bertz CT molecular complexity index is 1210. The van der Waals surface area contributed by atoms with Crippen LogP contribution in [0, 0.1) is 0 Å². The number of nitrogens with zero attached hydrogens (tertiary/aromatic N) is 4. The molecule has 3 aromatic rings.